The molecule has 8 N–H and O–H groups in total. The first kappa shape index (κ1) is 28.1. The van der Waals surface area contributed by atoms with Gasteiger partial charge in [0.1, 0.15) is 18.1 Å². The maximum absolute atomic E-state index is 13.1. The zero-order valence-corrected chi connectivity index (χ0v) is 19.6. The number of nitrogens with one attached hydrogen (secondary N) is 2. The smallest absolute Gasteiger partial charge is 0.326 e. The monoisotopic (exact) mass is 475 g/mol. The maximum Gasteiger partial charge on any atom is 0.326 e. The van der Waals surface area contributed by atoms with E-state index in [0.717, 1.165) is 0 Å². The first-order valence-electron chi connectivity index (χ1n) is 10.9. The molecule has 0 bridgehead atoms. The second-order valence-corrected chi connectivity index (χ2v) is 8.97. The lowest BCUT2D eigenvalue weighted by molar-refractivity contribution is -0.149. The van der Waals surface area contributed by atoms with Crippen molar-refractivity contribution in [3.8, 4) is 0 Å². The van der Waals surface area contributed by atoms with Gasteiger partial charge in [-0.25, -0.2) is 4.79 Å². The Kier molecular flexibility index (Phi) is 12.6. The Morgan fingerprint density at radius 3 is 2.41 bits per heavy atom. The fourth-order valence-corrected chi connectivity index (χ4v) is 4.03. The van der Waals surface area contributed by atoms with Gasteiger partial charge in [-0.15, -0.1) is 0 Å². The first-order valence-corrected chi connectivity index (χ1v) is 12.3. The van der Waals surface area contributed by atoms with Gasteiger partial charge in [-0.2, -0.15) is 11.8 Å². The number of carboxylic acid groups (broad SMARTS) is 1. The van der Waals surface area contributed by atoms with Crippen molar-refractivity contribution in [1.82, 2.24) is 15.5 Å². The zero-order chi connectivity index (χ0) is 24.3. The van der Waals surface area contributed by atoms with Gasteiger partial charge in [0.05, 0.1) is 12.1 Å². The van der Waals surface area contributed by atoms with E-state index in [1.807, 2.05) is 6.26 Å². The van der Waals surface area contributed by atoms with E-state index >= 15 is 0 Å². The number of nitrogens with zero attached hydrogens (tertiary/aromatic N) is 1. The molecule has 1 saturated heterocycles. The van der Waals surface area contributed by atoms with Gasteiger partial charge in [0.25, 0.3) is 0 Å². The summed E-state index contributed by atoms with van der Waals surface area (Å²) in [6.07, 6.45) is 3.41. The lowest BCUT2D eigenvalue weighted by Crippen LogP contribution is -2.59. The van der Waals surface area contributed by atoms with Crippen molar-refractivity contribution in [1.29, 1.82) is 0 Å². The molecule has 0 radical (unpaired) electrons. The van der Waals surface area contributed by atoms with Crippen LogP contribution in [0, 0.1) is 0 Å². The fraction of sp³-hybridized carbons (Fsp3) is 0.800. The van der Waals surface area contributed by atoms with Gasteiger partial charge < -0.3 is 37.2 Å². The summed E-state index contributed by atoms with van der Waals surface area (Å²) < 4.78 is 0. The molecule has 5 atom stereocenters. The number of nitrogens with two attached hydrogens (primary N) is 2. The Labute approximate surface area is 193 Å². The number of hydrogen-bond acceptors (Lipinski definition) is 8. The van der Waals surface area contributed by atoms with E-state index in [2.05, 4.69) is 10.6 Å². The van der Waals surface area contributed by atoms with Crippen LogP contribution in [0.3, 0.4) is 0 Å². The summed E-state index contributed by atoms with van der Waals surface area (Å²) in [6, 6.07) is -4.06. The van der Waals surface area contributed by atoms with E-state index in [1.54, 1.807) is 0 Å². The van der Waals surface area contributed by atoms with E-state index in [4.69, 9.17) is 11.5 Å². The van der Waals surface area contributed by atoms with Gasteiger partial charge >= 0.3 is 5.97 Å². The number of aliphatic hydroxyl groups excluding tert-OH is 1. The number of unbranched alkanes of at least 4 members (excludes halogenated alkanes) is 1. The highest BCUT2D eigenvalue weighted by Gasteiger charge is 2.38. The summed E-state index contributed by atoms with van der Waals surface area (Å²) in [6.45, 7) is 2.06. The van der Waals surface area contributed by atoms with Crippen LogP contribution in [0.4, 0.5) is 0 Å². The third kappa shape index (κ3) is 8.57. The Morgan fingerprint density at radius 2 is 1.84 bits per heavy atom. The molecule has 184 valence electrons. The molecule has 32 heavy (non-hydrogen) atoms. The van der Waals surface area contributed by atoms with Crippen LogP contribution < -0.4 is 22.1 Å². The number of thioether (sulfide) groups is 1. The second kappa shape index (κ2) is 14.3. The number of rotatable bonds is 14. The minimum atomic E-state index is -1.30. The molecule has 1 aliphatic rings. The van der Waals surface area contributed by atoms with Crippen molar-refractivity contribution in [3.05, 3.63) is 0 Å². The molecule has 5 unspecified atom stereocenters. The van der Waals surface area contributed by atoms with Crippen LogP contribution in [0.1, 0.15) is 45.4 Å². The lowest BCUT2D eigenvalue weighted by Gasteiger charge is -2.29. The molecule has 1 fully saturated rings. The molecule has 1 heterocycles. The molecular weight excluding hydrogens is 438 g/mol. The standard InChI is InChI=1S/C20H37N5O6S/c1-12(26)16(24-17(27)13(22)8-11-32-2)18(28)23-14(6-3-4-9-21)19(29)25-10-5-7-15(25)20(30)31/h12-16,26H,3-11,21-22H2,1-2H3,(H,23,28)(H,24,27)(H,30,31). The summed E-state index contributed by atoms with van der Waals surface area (Å²) in [5.74, 6) is -2.22. The minimum absolute atomic E-state index is 0.262. The van der Waals surface area contributed by atoms with E-state index in [9.17, 15) is 29.4 Å². The third-order valence-electron chi connectivity index (χ3n) is 5.41. The number of aliphatic carboxylic acids is 1. The van der Waals surface area contributed by atoms with Crippen LogP contribution in [0.25, 0.3) is 0 Å². The third-order valence-corrected chi connectivity index (χ3v) is 6.06. The van der Waals surface area contributed by atoms with Crippen molar-refractivity contribution >= 4 is 35.5 Å². The predicted octanol–water partition coefficient (Wildman–Crippen LogP) is -1.38. The molecule has 1 aliphatic heterocycles. The Hall–Kier alpha value is -1.89. The van der Waals surface area contributed by atoms with Crippen LogP contribution in [0.15, 0.2) is 0 Å². The topological polar surface area (TPSA) is 188 Å². The largest absolute Gasteiger partial charge is 0.480 e. The van der Waals surface area contributed by atoms with Crippen molar-refractivity contribution in [2.75, 3.05) is 25.1 Å². The van der Waals surface area contributed by atoms with Crippen molar-refractivity contribution < 1.29 is 29.4 Å². The molecule has 0 saturated carbocycles. The number of hydrogen-bond donors (Lipinski definition) is 6. The summed E-state index contributed by atoms with van der Waals surface area (Å²) in [7, 11) is 0. The number of aliphatic hydroxyl groups is 1. The first-order chi connectivity index (χ1) is 15.1. The molecule has 0 aromatic carbocycles. The minimum Gasteiger partial charge on any atom is -0.480 e. The molecule has 1 rings (SSSR count). The Balaban J connectivity index is 2.92. The van der Waals surface area contributed by atoms with Gasteiger partial charge in [-0.3, -0.25) is 14.4 Å². The molecule has 0 spiro atoms. The van der Waals surface area contributed by atoms with Gasteiger partial charge in [0, 0.05) is 6.54 Å². The van der Waals surface area contributed by atoms with E-state index in [1.165, 1.54) is 23.6 Å². The highest BCUT2D eigenvalue weighted by atomic mass is 32.2. The highest BCUT2D eigenvalue weighted by molar-refractivity contribution is 7.98. The maximum atomic E-state index is 13.1. The number of amides is 3. The average molecular weight is 476 g/mol. The quantitative estimate of drug-likeness (QED) is 0.165. The summed E-state index contributed by atoms with van der Waals surface area (Å²) in [4.78, 5) is 51.1. The van der Waals surface area contributed by atoms with Crippen LogP contribution >= 0.6 is 11.8 Å². The zero-order valence-electron chi connectivity index (χ0n) is 18.8. The molecule has 0 aliphatic carbocycles. The molecule has 12 heteroatoms. The normalized spacial score (nSPS) is 19.7. The number of carboxylic acids is 1. The van der Waals surface area contributed by atoms with Gasteiger partial charge in [0.15, 0.2) is 0 Å². The molecule has 11 nitrogen and oxygen atoms in total. The summed E-state index contributed by atoms with van der Waals surface area (Å²) >= 11 is 1.53. The molecule has 0 aromatic rings. The van der Waals surface area contributed by atoms with Crippen LogP contribution in [0.2, 0.25) is 0 Å². The van der Waals surface area contributed by atoms with E-state index < -0.39 is 54.0 Å². The van der Waals surface area contributed by atoms with Crippen molar-refractivity contribution in [3.63, 3.8) is 0 Å². The van der Waals surface area contributed by atoms with Crippen LogP contribution in [0.5, 0.6) is 0 Å². The summed E-state index contributed by atoms with van der Waals surface area (Å²) in [5.41, 5.74) is 11.4. The molecular formula is C20H37N5O6S. The second-order valence-electron chi connectivity index (χ2n) is 7.99. The van der Waals surface area contributed by atoms with Crippen LogP contribution in [-0.4, -0.2) is 94.2 Å². The lowest BCUT2D eigenvalue weighted by atomic mass is 10.0. The fourth-order valence-electron chi connectivity index (χ4n) is 3.54. The Morgan fingerprint density at radius 1 is 1.16 bits per heavy atom. The SMILES string of the molecule is CSCCC(N)C(=O)NC(C(=O)NC(CCCCN)C(=O)N1CCCC1C(=O)O)C(C)O. The van der Waals surface area contributed by atoms with E-state index in [0.29, 0.717) is 50.9 Å². The number of likely N-dealkylation sites (tertiary alicyclic amines) is 1. The van der Waals surface area contributed by atoms with Gasteiger partial charge in [0.2, 0.25) is 17.7 Å². The molecule has 0 aromatic heterocycles. The highest BCUT2D eigenvalue weighted by Crippen LogP contribution is 2.20. The van der Waals surface area contributed by atoms with Crippen molar-refractivity contribution in [2.24, 2.45) is 11.5 Å². The average Bonchev–Trinajstić information content (AvgIpc) is 3.24. The number of carbonyl (C=O) groups is 4. The van der Waals surface area contributed by atoms with E-state index in [-0.39, 0.29) is 6.42 Å². The van der Waals surface area contributed by atoms with Gasteiger partial charge in [-0.1, -0.05) is 0 Å². The Bertz CT molecular complexity index is 650. The van der Waals surface area contributed by atoms with Gasteiger partial charge in [-0.05, 0) is 64.0 Å². The number of carbonyl (C=O) groups excluding carboxylic acids is 3. The summed E-state index contributed by atoms with van der Waals surface area (Å²) in [5, 5.41) is 24.5. The van der Waals surface area contributed by atoms with Crippen LogP contribution in [-0.2, 0) is 19.2 Å². The predicted molar refractivity (Wildman–Crippen MR) is 122 cm³/mol. The van der Waals surface area contributed by atoms with Crippen molar-refractivity contribution in [2.45, 2.75) is 75.7 Å². The molecule has 3 amide bonds.